The molecule has 5 heteroatoms. The van der Waals surface area contributed by atoms with Gasteiger partial charge in [-0.1, -0.05) is 6.92 Å². The molecule has 1 rings (SSSR count). The molecule has 0 aliphatic heterocycles. The van der Waals surface area contributed by atoms with E-state index < -0.39 is 0 Å². The topological polar surface area (TPSA) is 73.4 Å². The Morgan fingerprint density at radius 1 is 1.37 bits per heavy atom. The van der Waals surface area contributed by atoms with Gasteiger partial charge in [-0.2, -0.15) is 5.26 Å². The fraction of sp³-hybridized carbons (Fsp3) is 0.429. The summed E-state index contributed by atoms with van der Waals surface area (Å²) in [7, 11) is 1.74. The first kappa shape index (κ1) is 15.0. The molecule has 0 bridgehead atoms. The van der Waals surface area contributed by atoms with E-state index in [0.29, 0.717) is 25.2 Å². The monoisotopic (exact) mass is 260 g/mol. The standard InChI is InChI=1S/C14H20N4O/c1-3-18(10-4-9-15)11-14(19)17(2)13-7-5-12(16)6-8-13/h5-8H,3-4,10-11,16H2,1-2H3. The number of nitriles is 1. The van der Waals surface area contributed by atoms with E-state index in [2.05, 4.69) is 6.07 Å². The number of anilines is 2. The third kappa shape index (κ3) is 4.60. The predicted molar refractivity (Wildman–Crippen MR) is 76.6 cm³/mol. The van der Waals surface area contributed by atoms with Crippen LogP contribution in [0.4, 0.5) is 11.4 Å². The molecule has 1 amide bonds. The molecule has 0 spiro atoms. The van der Waals surface area contributed by atoms with Gasteiger partial charge in [-0.25, -0.2) is 0 Å². The van der Waals surface area contributed by atoms with Crippen molar-refractivity contribution in [3.63, 3.8) is 0 Å². The van der Waals surface area contributed by atoms with Gasteiger partial charge >= 0.3 is 0 Å². The molecule has 0 saturated heterocycles. The molecule has 0 aliphatic carbocycles. The van der Waals surface area contributed by atoms with E-state index in [1.807, 2.05) is 24.0 Å². The van der Waals surface area contributed by atoms with Crippen molar-refractivity contribution >= 4 is 17.3 Å². The van der Waals surface area contributed by atoms with Crippen molar-refractivity contribution < 1.29 is 4.79 Å². The second kappa shape index (κ2) is 7.39. The second-order valence-corrected chi connectivity index (χ2v) is 4.32. The highest BCUT2D eigenvalue weighted by atomic mass is 16.2. The molecule has 5 nitrogen and oxygen atoms in total. The molecule has 0 heterocycles. The van der Waals surface area contributed by atoms with Crippen LogP contribution in [0.2, 0.25) is 0 Å². The molecule has 0 aliphatic rings. The van der Waals surface area contributed by atoms with E-state index in [4.69, 9.17) is 11.0 Å². The lowest BCUT2D eigenvalue weighted by molar-refractivity contribution is -0.119. The zero-order chi connectivity index (χ0) is 14.3. The normalized spacial score (nSPS) is 10.2. The Hall–Kier alpha value is -2.06. The smallest absolute Gasteiger partial charge is 0.240 e. The summed E-state index contributed by atoms with van der Waals surface area (Å²) >= 11 is 0. The fourth-order valence-electron chi connectivity index (χ4n) is 1.70. The summed E-state index contributed by atoms with van der Waals surface area (Å²) in [6, 6.07) is 9.27. The highest BCUT2D eigenvalue weighted by molar-refractivity contribution is 5.94. The number of nitrogens with two attached hydrogens (primary N) is 1. The number of carbonyl (C=O) groups excluding carboxylic acids is 1. The maximum Gasteiger partial charge on any atom is 0.240 e. The molecule has 0 atom stereocenters. The third-order valence-corrected chi connectivity index (χ3v) is 3.00. The number of nitrogens with zero attached hydrogens (tertiary/aromatic N) is 3. The summed E-state index contributed by atoms with van der Waals surface area (Å²) in [6.07, 6.45) is 0.437. The van der Waals surface area contributed by atoms with Crippen LogP contribution < -0.4 is 10.6 Å². The van der Waals surface area contributed by atoms with Crippen LogP contribution in [0, 0.1) is 11.3 Å². The van der Waals surface area contributed by atoms with Crippen LogP contribution in [-0.4, -0.2) is 37.5 Å². The van der Waals surface area contributed by atoms with Gasteiger partial charge in [0.05, 0.1) is 12.6 Å². The zero-order valence-corrected chi connectivity index (χ0v) is 11.5. The van der Waals surface area contributed by atoms with Crippen molar-refractivity contribution in [2.45, 2.75) is 13.3 Å². The van der Waals surface area contributed by atoms with E-state index in [1.54, 1.807) is 24.1 Å². The van der Waals surface area contributed by atoms with Crippen molar-refractivity contribution in [3.8, 4) is 6.07 Å². The van der Waals surface area contributed by atoms with E-state index in [-0.39, 0.29) is 5.91 Å². The van der Waals surface area contributed by atoms with E-state index in [9.17, 15) is 4.79 Å². The second-order valence-electron chi connectivity index (χ2n) is 4.32. The number of likely N-dealkylation sites (N-methyl/N-ethyl adjacent to an activating group) is 2. The van der Waals surface area contributed by atoms with Crippen LogP contribution in [0.25, 0.3) is 0 Å². The summed E-state index contributed by atoms with van der Waals surface area (Å²) in [6.45, 7) is 3.67. The number of hydrogen-bond acceptors (Lipinski definition) is 4. The SMILES string of the molecule is CCN(CCC#N)CC(=O)N(C)c1ccc(N)cc1. The van der Waals surface area contributed by atoms with Gasteiger partial charge in [0.25, 0.3) is 0 Å². The van der Waals surface area contributed by atoms with E-state index >= 15 is 0 Å². The van der Waals surface area contributed by atoms with Gasteiger partial charge in [-0.05, 0) is 30.8 Å². The summed E-state index contributed by atoms with van der Waals surface area (Å²) in [5, 5.41) is 8.57. The maximum absolute atomic E-state index is 12.1. The number of carbonyl (C=O) groups is 1. The molecule has 1 aromatic rings. The molecule has 102 valence electrons. The molecule has 2 N–H and O–H groups in total. The van der Waals surface area contributed by atoms with Gasteiger partial charge in [-0.15, -0.1) is 0 Å². The van der Waals surface area contributed by atoms with Gasteiger partial charge in [0.1, 0.15) is 0 Å². The molecule has 0 radical (unpaired) electrons. The van der Waals surface area contributed by atoms with Gasteiger partial charge in [0, 0.05) is 31.4 Å². The molecule has 0 saturated carbocycles. The van der Waals surface area contributed by atoms with Crippen LogP contribution in [0.3, 0.4) is 0 Å². The Morgan fingerprint density at radius 2 is 2.00 bits per heavy atom. The predicted octanol–water partition coefficient (Wildman–Crippen LogP) is 1.47. The summed E-state index contributed by atoms with van der Waals surface area (Å²) in [4.78, 5) is 15.7. The molecule has 0 unspecified atom stereocenters. The lowest BCUT2D eigenvalue weighted by Gasteiger charge is -2.23. The summed E-state index contributed by atoms with van der Waals surface area (Å²) < 4.78 is 0. The van der Waals surface area contributed by atoms with E-state index in [0.717, 1.165) is 12.2 Å². The zero-order valence-electron chi connectivity index (χ0n) is 11.5. The number of benzene rings is 1. The first-order chi connectivity index (χ1) is 9.08. The van der Waals surface area contributed by atoms with Gasteiger partial charge in [0.2, 0.25) is 5.91 Å². The average Bonchev–Trinajstić information content (AvgIpc) is 2.43. The highest BCUT2D eigenvalue weighted by Gasteiger charge is 2.14. The first-order valence-corrected chi connectivity index (χ1v) is 6.30. The summed E-state index contributed by atoms with van der Waals surface area (Å²) in [5.74, 6) is 0.00422. The molecular formula is C14H20N4O. The fourth-order valence-corrected chi connectivity index (χ4v) is 1.70. The summed E-state index contributed by atoms with van der Waals surface area (Å²) in [5.41, 5.74) is 7.11. The Morgan fingerprint density at radius 3 is 2.53 bits per heavy atom. The van der Waals surface area contributed by atoms with Crippen molar-refractivity contribution in [3.05, 3.63) is 24.3 Å². The number of rotatable bonds is 6. The molecule has 0 aromatic heterocycles. The molecule has 19 heavy (non-hydrogen) atoms. The first-order valence-electron chi connectivity index (χ1n) is 6.30. The van der Waals surface area contributed by atoms with Crippen LogP contribution in [0.1, 0.15) is 13.3 Å². The van der Waals surface area contributed by atoms with Crippen LogP contribution in [0.15, 0.2) is 24.3 Å². The Labute approximate surface area is 114 Å². The van der Waals surface area contributed by atoms with Gasteiger partial charge in [-0.3, -0.25) is 9.69 Å². The quantitative estimate of drug-likeness (QED) is 0.786. The van der Waals surface area contributed by atoms with Gasteiger partial charge in [0.15, 0.2) is 0 Å². The lowest BCUT2D eigenvalue weighted by atomic mass is 10.2. The highest BCUT2D eigenvalue weighted by Crippen LogP contribution is 2.15. The molecular weight excluding hydrogens is 240 g/mol. The third-order valence-electron chi connectivity index (χ3n) is 3.00. The number of amides is 1. The average molecular weight is 260 g/mol. The Kier molecular flexibility index (Phi) is 5.83. The largest absolute Gasteiger partial charge is 0.399 e. The lowest BCUT2D eigenvalue weighted by Crippen LogP contribution is -2.38. The Balaban J connectivity index is 2.61. The van der Waals surface area contributed by atoms with Crippen LogP contribution in [0.5, 0.6) is 0 Å². The van der Waals surface area contributed by atoms with Crippen molar-refractivity contribution in [2.75, 3.05) is 37.3 Å². The van der Waals surface area contributed by atoms with Crippen LogP contribution >= 0.6 is 0 Å². The van der Waals surface area contributed by atoms with Crippen molar-refractivity contribution in [1.29, 1.82) is 5.26 Å². The van der Waals surface area contributed by atoms with Crippen molar-refractivity contribution in [1.82, 2.24) is 4.90 Å². The molecule has 0 fully saturated rings. The maximum atomic E-state index is 12.1. The molecule has 1 aromatic carbocycles. The number of nitrogen functional groups attached to an aromatic ring is 1. The van der Waals surface area contributed by atoms with Gasteiger partial charge < -0.3 is 10.6 Å². The van der Waals surface area contributed by atoms with Crippen LogP contribution in [-0.2, 0) is 4.79 Å². The van der Waals surface area contributed by atoms with E-state index in [1.165, 1.54) is 0 Å². The minimum absolute atomic E-state index is 0.00422. The minimum Gasteiger partial charge on any atom is -0.399 e. The Bertz CT molecular complexity index is 450. The van der Waals surface area contributed by atoms with Crippen molar-refractivity contribution in [2.24, 2.45) is 0 Å². The number of hydrogen-bond donors (Lipinski definition) is 1. The minimum atomic E-state index is 0.00422.